The largest absolute Gasteiger partial charge is 0.496 e. The van der Waals surface area contributed by atoms with Gasteiger partial charge in [0.1, 0.15) is 34.3 Å². The van der Waals surface area contributed by atoms with E-state index < -0.39 is 5.97 Å². The molecule has 6 heteroatoms. The molecule has 0 saturated heterocycles. The van der Waals surface area contributed by atoms with Gasteiger partial charge in [-0.05, 0) is 31.2 Å². The van der Waals surface area contributed by atoms with Crippen LogP contribution in [0.15, 0.2) is 34.8 Å². The summed E-state index contributed by atoms with van der Waals surface area (Å²) in [5.74, 6) is 1.20. The zero-order valence-corrected chi connectivity index (χ0v) is 14.6. The van der Waals surface area contributed by atoms with Crippen LogP contribution in [0.3, 0.4) is 0 Å². The number of benzene rings is 1. The van der Waals surface area contributed by atoms with E-state index in [1.54, 1.807) is 31.2 Å². The van der Waals surface area contributed by atoms with Gasteiger partial charge >= 0.3 is 5.97 Å². The molecule has 0 radical (unpaired) electrons. The lowest BCUT2D eigenvalue weighted by Gasteiger charge is -2.13. The van der Waals surface area contributed by atoms with Gasteiger partial charge in [-0.3, -0.25) is 9.59 Å². The molecule has 0 N–H and O–H groups in total. The van der Waals surface area contributed by atoms with Crippen molar-refractivity contribution >= 4 is 17.8 Å². The third-order valence-corrected chi connectivity index (χ3v) is 3.41. The molecule has 132 valence electrons. The average molecular weight is 344 g/mol. The van der Waals surface area contributed by atoms with Crippen LogP contribution in [-0.2, 0) is 4.79 Å². The van der Waals surface area contributed by atoms with Crippen LogP contribution in [0.1, 0.15) is 35.2 Å². The summed E-state index contributed by atoms with van der Waals surface area (Å²) in [4.78, 5) is 24.3. The molecule has 1 heterocycles. The van der Waals surface area contributed by atoms with Gasteiger partial charge in [-0.25, -0.2) is 0 Å². The quantitative estimate of drug-likeness (QED) is 0.329. The van der Waals surface area contributed by atoms with Gasteiger partial charge in [0.2, 0.25) is 0 Å². The predicted octanol–water partition coefficient (Wildman–Crippen LogP) is 3.82. The van der Waals surface area contributed by atoms with Crippen LogP contribution in [0.5, 0.6) is 17.2 Å². The van der Waals surface area contributed by atoms with Crippen molar-refractivity contribution in [3.8, 4) is 17.2 Å². The summed E-state index contributed by atoms with van der Waals surface area (Å²) in [7, 11) is 2.90. The van der Waals surface area contributed by atoms with Crippen LogP contribution in [0.25, 0.3) is 6.08 Å². The number of carbonyl (C=O) groups excluding carboxylic acids is 2. The molecule has 1 aromatic heterocycles. The third-order valence-electron chi connectivity index (χ3n) is 3.41. The Hall–Kier alpha value is -3.02. The Kier molecular flexibility index (Phi) is 6.00. The lowest BCUT2D eigenvalue weighted by molar-refractivity contribution is -0.134. The van der Waals surface area contributed by atoms with E-state index in [0.29, 0.717) is 11.5 Å². The summed E-state index contributed by atoms with van der Waals surface area (Å²) in [6.45, 7) is 3.48. The third kappa shape index (κ3) is 4.50. The van der Waals surface area contributed by atoms with Gasteiger partial charge in [0, 0.05) is 18.6 Å². The Balaban J connectivity index is 2.43. The first-order chi connectivity index (χ1) is 12.0. The second-order valence-corrected chi connectivity index (χ2v) is 5.18. The van der Waals surface area contributed by atoms with Crippen LogP contribution >= 0.6 is 0 Å². The maximum Gasteiger partial charge on any atom is 0.310 e. The molecule has 2 rings (SSSR count). The number of hydrogen-bond acceptors (Lipinski definition) is 6. The van der Waals surface area contributed by atoms with Crippen molar-refractivity contribution in [3.63, 3.8) is 0 Å². The number of aryl methyl sites for hydroxylation is 1. The number of rotatable bonds is 7. The zero-order chi connectivity index (χ0) is 18.4. The highest BCUT2D eigenvalue weighted by molar-refractivity contribution is 6.11. The Morgan fingerprint density at radius 3 is 2.40 bits per heavy atom. The monoisotopic (exact) mass is 344 g/mol. The van der Waals surface area contributed by atoms with Gasteiger partial charge in [-0.1, -0.05) is 6.92 Å². The second kappa shape index (κ2) is 8.19. The van der Waals surface area contributed by atoms with E-state index in [-0.39, 0.29) is 29.3 Å². The molecule has 25 heavy (non-hydrogen) atoms. The molecule has 0 atom stereocenters. The van der Waals surface area contributed by atoms with Crippen molar-refractivity contribution in [2.75, 3.05) is 14.2 Å². The maximum absolute atomic E-state index is 12.7. The van der Waals surface area contributed by atoms with Crippen LogP contribution in [0.2, 0.25) is 0 Å². The molecule has 0 aliphatic carbocycles. The van der Waals surface area contributed by atoms with Crippen molar-refractivity contribution < 1.29 is 28.2 Å². The fourth-order valence-electron chi connectivity index (χ4n) is 2.15. The average Bonchev–Trinajstić information content (AvgIpc) is 3.03. The van der Waals surface area contributed by atoms with Crippen molar-refractivity contribution in [2.45, 2.75) is 20.3 Å². The van der Waals surface area contributed by atoms with Crippen LogP contribution in [0, 0.1) is 6.92 Å². The highest BCUT2D eigenvalue weighted by atomic mass is 16.5. The molecule has 0 saturated carbocycles. The van der Waals surface area contributed by atoms with Crippen molar-refractivity contribution in [3.05, 3.63) is 47.4 Å². The van der Waals surface area contributed by atoms with Gasteiger partial charge < -0.3 is 18.6 Å². The minimum absolute atomic E-state index is 0.0910. The SMILES string of the molecule is CCC(=O)Oc1cc(OC)cc(OC)c1C(=O)C=Cc1ccc(C)o1. The number of furan rings is 1. The molecule has 1 aromatic carbocycles. The molecule has 0 unspecified atom stereocenters. The molecule has 0 aliphatic heterocycles. The van der Waals surface area contributed by atoms with Crippen LogP contribution in [-0.4, -0.2) is 26.0 Å². The number of carbonyl (C=O) groups is 2. The predicted molar refractivity (Wildman–Crippen MR) is 92.3 cm³/mol. The molecule has 0 amide bonds. The number of esters is 1. The first kappa shape index (κ1) is 18.3. The molecule has 0 aliphatic rings. The number of methoxy groups -OCH3 is 2. The van der Waals surface area contributed by atoms with E-state index in [9.17, 15) is 9.59 Å². The van der Waals surface area contributed by atoms with Gasteiger partial charge in [0.15, 0.2) is 5.78 Å². The summed E-state index contributed by atoms with van der Waals surface area (Å²) in [6, 6.07) is 6.59. The summed E-state index contributed by atoms with van der Waals surface area (Å²) >= 11 is 0. The highest BCUT2D eigenvalue weighted by Crippen LogP contribution is 2.35. The standard InChI is InChI=1S/C19H20O6/c1-5-18(21)25-17-11-14(22-3)10-16(23-4)19(17)15(20)9-8-13-7-6-12(2)24-13/h6-11H,5H2,1-4H3. The summed E-state index contributed by atoms with van der Waals surface area (Å²) in [5, 5.41) is 0. The second-order valence-electron chi connectivity index (χ2n) is 5.18. The fraction of sp³-hybridized carbons (Fsp3) is 0.263. The molecule has 0 fully saturated rings. The Morgan fingerprint density at radius 1 is 1.12 bits per heavy atom. The van der Waals surface area contributed by atoms with Crippen molar-refractivity contribution in [2.24, 2.45) is 0 Å². The summed E-state index contributed by atoms with van der Waals surface area (Å²) < 4.78 is 21.1. The summed E-state index contributed by atoms with van der Waals surface area (Å²) in [6.07, 6.45) is 3.06. The molecule has 0 spiro atoms. The van der Waals surface area contributed by atoms with E-state index in [1.165, 1.54) is 26.4 Å². The van der Waals surface area contributed by atoms with Crippen molar-refractivity contribution in [1.82, 2.24) is 0 Å². The van der Waals surface area contributed by atoms with Crippen molar-refractivity contribution in [1.29, 1.82) is 0 Å². The zero-order valence-electron chi connectivity index (χ0n) is 14.6. The number of hydrogen-bond donors (Lipinski definition) is 0. The van der Waals surface area contributed by atoms with E-state index >= 15 is 0 Å². The van der Waals surface area contributed by atoms with E-state index in [1.807, 2.05) is 6.92 Å². The normalized spacial score (nSPS) is 10.7. The van der Waals surface area contributed by atoms with Gasteiger partial charge in [0.05, 0.1) is 14.2 Å². The molecule has 0 bridgehead atoms. The minimum Gasteiger partial charge on any atom is -0.496 e. The fourth-order valence-corrected chi connectivity index (χ4v) is 2.15. The molecule has 6 nitrogen and oxygen atoms in total. The van der Waals surface area contributed by atoms with E-state index in [2.05, 4.69) is 0 Å². The van der Waals surface area contributed by atoms with Gasteiger partial charge in [-0.2, -0.15) is 0 Å². The molecular formula is C19H20O6. The minimum atomic E-state index is -0.463. The Bertz CT molecular complexity index is 800. The number of ketones is 1. The Morgan fingerprint density at radius 2 is 1.84 bits per heavy atom. The topological polar surface area (TPSA) is 75.0 Å². The smallest absolute Gasteiger partial charge is 0.310 e. The lowest BCUT2D eigenvalue weighted by atomic mass is 10.1. The number of allylic oxidation sites excluding steroid dienone is 1. The Labute approximate surface area is 146 Å². The first-order valence-corrected chi connectivity index (χ1v) is 7.74. The molecule has 2 aromatic rings. The highest BCUT2D eigenvalue weighted by Gasteiger charge is 2.21. The van der Waals surface area contributed by atoms with E-state index in [0.717, 1.165) is 5.76 Å². The van der Waals surface area contributed by atoms with Crippen LogP contribution in [0.4, 0.5) is 0 Å². The lowest BCUT2D eigenvalue weighted by Crippen LogP contribution is -2.10. The van der Waals surface area contributed by atoms with Gasteiger partial charge in [0.25, 0.3) is 0 Å². The van der Waals surface area contributed by atoms with Crippen LogP contribution < -0.4 is 14.2 Å². The van der Waals surface area contributed by atoms with Gasteiger partial charge in [-0.15, -0.1) is 0 Å². The number of ether oxygens (including phenoxy) is 3. The van der Waals surface area contributed by atoms with E-state index in [4.69, 9.17) is 18.6 Å². The first-order valence-electron chi connectivity index (χ1n) is 7.74. The summed E-state index contributed by atoms with van der Waals surface area (Å²) in [5.41, 5.74) is 0.143. The molecular weight excluding hydrogens is 324 g/mol. The maximum atomic E-state index is 12.7.